The third kappa shape index (κ3) is 24.7. The summed E-state index contributed by atoms with van der Waals surface area (Å²) in [6, 6.07) is 8.26. The maximum absolute atomic E-state index is 14.2. The van der Waals surface area contributed by atoms with Crippen molar-refractivity contribution in [1.29, 1.82) is 0 Å². The molecule has 0 aliphatic rings. The molecule has 0 spiro atoms. The first-order valence-electron chi connectivity index (χ1n) is 23.0. The highest BCUT2D eigenvalue weighted by molar-refractivity contribution is 5.81. The molecule has 9 nitrogen and oxygen atoms in total. The molecule has 1 aromatic rings. The standard InChI is InChI=1S/C47H83N2O7/c1-5-9-13-17-19-26-32-42(30-24-15-11-7-3)46(52)55-38-35-48(45(51)44(49(54)34-37-50)40-41-28-22-21-23-29-41)36-39-56-47(53)43(31-25-16-12-8-4)33-27-20-18-14-10-6-2/h21-23,28-29,42-44,50H,5-20,24-27,30-40H2,1-4H3/q+1. The van der Waals surface area contributed by atoms with Gasteiger partial charge in [0.1, 0.15) is 19.8 Å². The monoisotopic (exact) mass is 788 g/mol. The SMILES string of the molecule is CCCCCCCCC(CCCCCC)C(=O)OCCN(CCOC(=O)C(CCCCCC)CCCCCCCC)C(=O)C(Cc1ccccc1)[N+](=O)CCO. The van der Waals surface area contributed by atoms with Gasteiger partial charge in [0, 0.05) is 16.1 Å². The van der Waals surface area contributed by atoms with Crippen LogP contribution in [0.1, 0.15) is 187 Å². The lowest BCUT2D eigenvalue weighted by Crippen LogP contribution is -2.48. The fraction of sp³-hybridized carbons (Fsp3) is 0.809. The molecule has 3 atom stereocenters. The van der Waals surface area contributed by atoms with Gasteiger partial charge in [-0.25, -0.2) is 0 Å². The zero-order chi connectivity index (χ0) is 41.1. The van der Waals surface area contributed by atoms with Crippen LogP contribution in [-0.4, -0.2) is 78.1 Å². The van der Waals surface area contributed by atoms with Gasteiger partial charge >= 0.3 is 11.9 Å². The number of esters is 2. The van der Waals surface area contributed by atoms with E-state index >= 15 is 0 Å². The fourth-order valence-electron chi connectivity index (χ4n) is 7.43. The Morgan fingerprint density at radius 2 is 0.964 bits per heavy atom. The minimum absolute atomic E-state index is 0.00449. The molecule has 322 valence electrons. The summed E-state index contributed by atoms with van der Waals surface area (Å²) in [4.78, 5) is 55.9. The largest absolute Gasteiger partial charge is 0.464 e. The van der Waals surface area contributed by atoms with Crippen LogP contribution < -0.4 is 0 Å². The normalized spacial score (nSPS) is 12.9. The van der Waals surface area contributed by atoms with Gasteiger partial charge in [0.25, 0.3) is 11.9 Å². The van der Waals surface area contributed by atoms with Crippen molar-refractivity contribution in [2.75, 3.05) is 39.5 Å². The second-order valence-electron chi connectivity index (χ2n) is 15.9. The van der Waals surface area contributed by atoms with Gasteiger partial charge in [0.2, 0.25) is 6.54 Å². The van der Waals surface area contributed by atoms with Crippen molar-refractivity contribution in [1.82, 2.24) is 4.90 Å². The molecule has 0 fully saturated rings. The average molecular weight is 788 g/mol. The third-order valence-corrected chi connectivity index (χ3v) is 11.0. The maximum Gasteiger partial charge on any atom is 0.308 e. The van der Waals surface area contributed by atoms with E-state index in [2.05, 4.69) is 27.7 Å². The van der Waals surface area contributed by atoms with Crippen molar-refractivity contribution in [2.24, 2.45) is 11.8 Å². The third-order valence-electron chi connectivity index (χ3n) is 11.0. The Hall–Kier alpha value is -2.81. The van der Waals surface area contributed by atoms with Crippen LogP contribution in [0.2, 0.25) is 0 Å². The van der Waals surface area contributed by atoms with Crippen molar-refractivity contribution in [2.45, 2.75) is 194 Å². The molecule has 0 bridgehead atoms. The maximum atomic E-state index is 14.2. The number of aliphatic hydroxyl groups is 1. The van der Waals surface area contributed by atoms with E-state index in [0.29, 0.717) is 4.76 Å². The van der Waals surface area contributed by atoms with Gasteiger partial charge in [-0.05, 0) is 31.2 Å². The molecule has 0 saturated heterocycles. The molecule has 0 aliphatic heterocycles. The van der Waals surface area contributed by atoms with E-state index in [4.69, 9.17) is 9.47 Å². The van der Waals surface area contributed by atoms with E-state index < -0.39 is 11.9 Å². The molecule has 0 radical (unpaired) electrons. The Balaban J connectivity index is 3.08. The number of carbonyl (C=O) groups excluding carboxylic acids is 3. The molecular formula is C47H83N2O7+. The van der Waals surface area contributed by atoms with Crippen LogP contribution in [0.25, 0.3) is 0 Å². The van der Waals surface area contributed by atoms with Gasteiger partial charge in [0.05, 0.1) is 24.9 Å². The van der Waals surface area contributed by atoms with E-state index in [0.717, 1.165) is 108 Å². The first-order valence-corrected chi connectivity index (χ1v) is 23.0. The molecule has 56 heavy (non-hydrogen) atoms. The van der Waals surface area contributed by atoms with E-state index in [9.17, 15) is 24.4 Å². The number of unbranched alkanes of at least 4 members (excludes halogenated alkanes) is 16. The quantitative estimate of drug-likeness (QED) is 0.0403. The Morgan fingerprint density at radius 1 is 0.589 bits per heavy atom. The minimum Gasteiger partial charge on any atom is -0.464 e. The lowest BCUT2D eigenvalue weighted by molar-refractivity contribution is -0.575. The topological polar surface area (TPSA) is 113 Å². The molecule has 0 saturated carbocycles. The van der Waals surface area contributed by atoms with Crippen LogP contribution in [0.5, 0.6) is 0 Å². The van der Waals surface area contributed by atoms with Crippen LogP contribution in [0.3, 0.4) is 0 Å². The number of hydrogen-bond donors (Lipinski definition) is 1. The van der Waals surface area contributed by atoms with Crippen molar-refractivity contribution < 1.29 is 33.7 Å². The van der Waals surface area contributed by atoms with Gasteiger partial charge in [-0.3, -0.25) is 14.4 Å². The number of amides is 1. The molecule has 1 N–H and O–H groups in total. The number of aliphatic hydroxyl groups excluding tert-OH is 1. The number of hydrogen-bond acceptors (Lipinski definition) is 7. The molecule has 1 rings (SSSR count). The van der Waals surface area contributed by atoms with Crippen LogP contribution in [0, 0.1) is 16.7 Å². The summed E-state index contributed by atoms with van der Waals surface area (Å²) in [5, 5.41) is 9.61. The zero-order valence-electron chi connectivity index (χ0n) is 36.3. The molecule has 0 aromatic heterocycles. The summed E-state index contributed by atoms with van der Waals surface area (Å²) >= 11 is 0. The Morgan fingerprint density at radius 3 is 1.36 bits per heavy atom. The molecule has 1 amide bonds. The summed E-state index contributed by atoms with van der Waals surface area (Å²) in [6.07, 6.45) is 26.0. The summed E-state index contributed by atoms with van der Waals surface area (Å²) in [5.41, 5.74) is 0.823. The zero-order valence-corrected chi connectivity index (χ0v) is 36.3. The predicted octanol–water partition coefficient (Wildman–Crippen LogP) is 11.0. The van der Waals surface area contributed by atoms with E-state index in [1.54, 1.807) is 0 Å². The van der Waals surface area contributed by atoms with Crippen molar-refractivity contribution >= 4 is 17.8 Å². The average Bonchev–Trinajstić information content (AvgIpc) is 3.20. The first-order chi connectivity index (χ1) is 27.3. The molecular weight excluding hydrogens is 705 g/mol. The highest BCUT2D eigenvalue weighted by Gasteiger charge is 2.37. The molecule has 1 aromatic carbocycles. The molecule has 9 heteroatoms. The summed E-state index contributed by atoms with van der Waals surface area (Å²) in [7, 11) is 0. The Bertz CT molecular complexity index is 1080. The number of nitroso groups, excluding NO2 is 1. The van der Waals surface area contributed by atoms with Gasteiger partial charge in [0.15, 0.2) is 0 Å². The van der Waals surface area contributed by atoms with Crippen molar-refractivity contribution in [3.63, 3.8) is 0 Å². The predicted molar refractivity (Wildman–Crippen MR) is 228 cm³/mol. The van der Waals surface area contributed by atoms with E-state index in [1.165, 1.54) is 56.3 Å². The second kappa shape index (κ2) is 35.4. The van der Waals surface area contributed by atoms with Gasteiger partial charge in [-0.2, -0.15) is 0 Å². The van der Waals surface area contributed by atoms with Crippen molar-refractivity contribution in [3.05, 3.63) is 40.8 Å². The smallest absolute Gasteiger partial charge is 0.308 e. The van der Waals surface area contributed by atoms with Gasteiger partial charge < -0.3 is 19.5 Å². The molecule has 0 heterocycles. The Labute approximate surface area is 342 Å². The lowest BCUT2D eigenvalue weighted by Gasteiger charge is -2.25. The number of benzene rings is 1. The van der Waals surface area contributed by atoms with Gasteiger partial charge in [-0.1, -0.05) is 186 Å². The Kier molecular flexibility index (Phi) is 32.3. The van der Waals surface area contributed by atoms with E-state index in [-0.39, 0.29) is 69.7 Å². The molecule has 3 unspecified atom stereocenters. The van der Waals surface area contributed by atoms with Crippen molar-refractivity contribution in [3.8, 4) is 0 Å². The highest BCUT2D eigenvalue weighted by Crippen LogP contribution is 2.22. The highest BCUT2D eigenvalue weighted by atomic mass is 16.5. The van der Waals surface area contributed by atoms with E-state index in [1.807, 2.05) is 30.3 Å². The minimum atomic E-state index is -1.09. The van der Waals surface area contributed by atoms with Crippen LogP contribution in [-0.2, 0) is 30.3 Å². The first kappa shape index (κ1) is 51.2. The summed E-state index contributed by atoms with van der Waals surface area (Å²) < 4.78 is 12.4. The fourth-order valence-corrected chi connectivity index (χ4v) is 7.43. The lowest BCUT2D eigenvalue weighted by atomic mass is 9.94. The summed E-state index contributed by atoms with van der Waals surface area (Å²) in [6.45, 7) is 8.34. The number of rotatable bonds is 38. The summed E-state index contributed by atoms with van der Waals surface area (Å²) in [5.74, 6) is -1.22. The second-order valence-corrected chi connectivity index (χ2v) is 15.9. The van der Waals surface area contributed by atoms with Crippen LogP contribution in [0.4, 0.5) is 0 Å². The molecule has 0 aliphatic carbocycles. The number of ether oxygens (including phenoxy) is 2. The number of carbonyl (C=O) groups is 3. The van der Waals surface area contributed by atoms with Crippen LogP contribution in [0.15, 0.2) is 30.3 Å². The number of nitrogens with zero attached hydrogens (tertiary/aromatic N) is 2. The van der Waals surface area contributed by atoms with Gasteiger partial charge in [-0.15, -0.1) is 0 Å². The van der Waals surface area contributed by atoms with Crippen LogP contribution >= 0.6 is 0 Å².